The minimum Gasteiger partial charge on any atom is -0.358 e. The van der Waals surface area contributed by atoms with Gasteiger partial charge in [0.2, 0.25) is 0 Å². The van der Waals surface area contributed by atoms with Crippen LogP contribution in [0.2, 0.25) is 0 Å². The number of hydrogen-bond acceptors (Lipinski definition) is 5. The molecule has 6 heteroatoms. The van der Waals surface area contributed by atoms with Gasteiger partial charge in [-0.1, -0.05) is 0 Å². The number of aryl methyl sites for hydroxylation is 1. The highest BCUT2D eigenvalue weighted by Gasteiger charge is 2.10. The minimum absolute atomic E-state index is 0.142. The Hall–Kier alpha value is -1.14. The van der Waals surface area contributed by atoms with Crippen molar-refractivity contribution in [3.05, 3.63) is 23.4 Å². The number of rotatable bonds is 6. The molecule has 102 valence electrons. The van der Waals surface area contributed by atoms with E-state index in [0.29, 0.717) is 6.54 Å². The van der Waals surface area contributed by atoms with Crippen LogP contribution in [0.1, 0.15) is 11.1 Å². The van der Waals surface area contributed by atoms with E-state index in [4.69, 9.17) is 0 Å². The van der Waals surface area contributed by atoms with E-state index in [0.717, 1.165) is 23.5 Å². The lowest BCUT2D eigenvalue weighted by molar-refractivity contribution is 0.601. The van der Waals surface area contributed by atoms with E-state index in [9.17, 15) is 8.42 Å². The Morgan fingerprint density at radius 2 is 2.11 bits per heavy atom. The number of hydrogen-bond donors (Lipinski definition) is 1. The number of sulfone groups is 1. The Morgan fingerprint density at radius 3 is 2.61 bits per heavy atom. The lowest BCUT2D eigenvalue weighted by Crippen LogP contribution is -2.26. The van der Waals surface area contributed by atoms with Crippen LogP contribution in [0, 0.1) is 6.92 Å². The molecule has 0 aromatic carbocycles. The zero-order valence-corrected chi connectivity index (χ0v) is 12.2. The van der Waals surface area contributed by atoms with Gasteiger partial charge in [-0.15, -0.1) is 0 Å². The highest BCUT2D eigenvalue weighted by Crippen LogP contribution is 2.16. The predicted octanol–water partition coefficient (Wildman–Crippen LogP) is 0.590. The van der Waals surface area contributed by atoms with Crippen molar-refractivity contribution in [2.24, 2.45) is 0 Å². The van der Waals surface area contributed by atoms with Crippen LogP contribution >= 0.6 is 0 Å². The second-order valence-corrected chi connectivity index (χ2v) is 6.83. The van der Waals surface area contributed by atoms with Crippen molar-refractivity contribution in [3.63, 3.8) is 0 Å². The molecule has 0 atom stereocenters. The summed E-state index contributed by atoms with van der Waals surface area (Å²) in [6.07, 6.45) is 3.06. The van der Waals surface area contributed by atoms with Crippen LogP contribution in [0.25, 0.3) is 0 Å². The molecule has 0 aliphatic heterocycles. The average molecular weight is 271 g/mol. The number of nitrogens with one attached hydrogen (secondary N) is 1. The van der Waals surface area contributed by atoms with Gasteiger partial charge in [0.05, 0.1) is 5.75 Å². The van der Waals surface area contributed by atoms with Crippen molar-refractivity contribution in [1.82, 2.24) is 10.3 Å². The molecule has 0 amide bonds. The topological polar surface area (TPSA) is 62.3 Å². The SMILES string of the molecule is CNCc1cnc(N(C)CCS(C)(=O)=O)c(C)c1. The number of anilines is 1. The van der Waals surface area contributed by atoms with Crippen LogP contribution in [0.4, 0.5) is 5.82 Å². The number of nitrogens with zero attached hydrogens (tertiary/aromatic N) is 2. The van der Waals surface area contributed by atoms with Gasteiger partial charge in [-0.25, -0.2) is 13.4 Å². The van der Waals surface area contributed by atoms with Crippen molar-refractivity contribution >= 4 is 15.7 Å². The van der Waals surface area contributed by atoms with Gasteiger partial charge < -0.3 is 10.2 Å². The van der Waals surface area contributed by atoms with Crippen LogP contribution < -0.4 is 10.2 Å². The Kier molecular flexibility index (Phi) is 5.10. The molecule has 1 aromatic rings. The van der Waals surface area contributed by atoms with Crippen LogP contribution in [0.15, 0.2) is 12.3 Å². The highest BCUT2D eigenvalue weighted by atomic mass is 32.2. The Bertz CT molecular complexity index is 500. The first-order valence-electron chi connectivity index (χ1n) is 5.82. The van der Waals surface area contributed by atoms with Gasteiger partial charge in [-0.3, -0.25) is 0 Å². The highest BCUT2D eigenvalue weighted by molar-refractivity contribution is 7.90. The normalized spacial score (nSPS) is 11.6. The molecule has 0 saturated carbocycles. The van der Waals surface area contributed by atoms with Gasteiger partial charge in [0.1, 0.15) is 15.7 Å². The maximum atomic E-state index is 11.1. The summed E-state index contributed by atoms with van der Waals surface area (Å²) in [4.78, 5) is 6.26. The second kappa shape index (κ2) is 6.15. The summed E-state index contributed by atoms with van der Waals surface area (Å²) in [6, 6.07) is 2.07. The molecule has 0 saturated heterocycles. The van der Waals surface area contributed by atoms with Crippen molar-refractivity contribution in [3.8, 4) is 0 Å². The van der Waals surface area contributed by atoms with Gasteiger partial charge >= 0.3 is 0 Å². The van der Waals surface area contributed by atoms with Gasteiger partial charge in [0.15, 0.2) is 0 Å². The summed E-state index contributed by atoms with van der Waals surface area (Å²) in [5.74, 6) is 0.974. The summed E-state index contributed by atoms with van der Waals surface area (Å²) in [6.45, 7) is 3.22. The van der Waals surface area contributed by atoms with Crippen LogP contribution in [-0.2, 0) is 16.4 Å². The van der Waals surface area contributed by atoms with Crippen LogP contribution in [-0.4, -0.2) is 46.1 Å². The largest absolute Gasteiger partial charge is 0.358 e. The maximum Gasteiger partial charge on any atom is 0.149 e. The van der Waals surface area contributed by atoms with E-state index in [1.807, 2.05) is 32.1 Å². The van der Waals surface area contributed by atoms with E-state index in [-0.39, 0.29) is 5.75 Å². The summed E-state index contributed by atoms with van der Waals surface area (Å²) >= 11 is 0. The Morgan fingerprint density at radius 1 is 1.44 bits per heavy atom. The molecule has 0 bridgehead atoms. The predicted molar refractivity (Wildman–Crippen MR) is 74.7 cm³/mol. The lowest BCUT2D eigenvalue weighted by atomic mass is 10.2. The first kappa shape index (κ1) is 14.9. The molecule has 1 heterocycles. The smallest absolute Gasteiger partial charge is 0.149 e. The summed E-state index contributed by atoms with van der Waals surface area (Å²) in [5, 5.41) is 3.07. The molecule has 0 unspecified atom stereocenters. The van der Waals surface area contributed by atoms with Gasteiger partial charge in [0.25, 0.3) is 0 Å². The summed E-state index contributed by atoms with van der Waals surface area (Å²) < 4.78 is 22.3. The van der Waals surface area contributed by atoms with Crippen molar-refractivity contribution in [2.45, 2.75) is 13.5 Å². The molecule has 1 rings (SSSR count). The fraction of sp³-hybridized carbons (Fsp3) is 0.583. The first-order valence-corrected chi connectivity index (χ1v) is 7.88. The quantitative estimate of drug-likeness (QED) is 0.820. The molecule has 1 N–H and O–H groups in total. The van der Waals surface area contributed by atoms with Crippen LogP contribution in [0.3, 0.4) is 0 Å². The Labute approximate surface area is 109 Å². The molecular weight excluding hydrogens is 250 g/mol. The van der Waals surface area contributed by atoms with Crippen molar-refractivity contribution < 1.29 is 8.42 Å². The third-order valence-corrected chi connectivity index (χ3v) is 3.57. The fourth-order valence-electron chi connectivity index (χ4n) is 1.73. The van der Waals surface area contributed by atoms with E-state index in [1.54, 1.807) is 0 Å². The van der Waals surface area contributed by atoms with Crippen LogP contribution in [0.5, 0.6) is 0 Å². The molecule has 0 radical (unpaired) electrons. The summed E-state index contributed by atoms with van der Waals surface area (Å²) in [7, 11) is 0.813. The first-order chi connectivity index (χ1) is 8.33. The molecular formula is C12H21N3O2S. The fourth-order valence-corrected chi connectivity index (χ4v) is 2.34. The van der Waals surface area contributed by atoms with E-state index in [2.05, 4.69) is 16.4 Å². The third kappa shape index (κ3) is 4.62. The number of aromatic nitrogens is 1. The van der Waals surface area contributed by atoms with Crippen molar-refractivity contribution in [1.29, 1.82) is 0 Å². The molecule has 1 aromatic heterocycles. The van der Waals surface area contributed by atoms with E-state index >= 15 is 0 Å². The molecule has 0 spiro atoms. The lowest BCUT2D eigenvalue weighted by Gasteiger charge is -2.20. The standard InChI is InChI=1S/C12H21N3O2S/c1-10-7-11(8-13-2)9-14-12(10)15(3)5-6-18(4,16)17/h7,9,13H,5-6,8H2,1-4H3. The summed E-state index contributed by atoms with van der Waals surface area (Å²) in [5.41, 5.74) is 2.18. The minimum atomic E-state index is -2.94. The second-order valence-electron chi connectivity index (χ2n) is 4.57. The van der Waals surface area contributed by atoms with Gasteiger partial charge in [-0.2, -0.15) is 0 Å². The van der Waals surface area contributed by atoms with Crippen molar-refractivity contribution in [2.75, 3.05) is 37.5 Å². The molecule has 0 aliphatic rings. The zero-order chi connectivity index (χ0) is 13.8. The Balaban J connectivity index is 2.77. The van der Waals surface area contributed by atoms with E-state index in [1.165, 1.54) is 6.26 Å². The third-order valence-electron chi connectivity index (χ3n) is 2.65. The molecule has 5 nitrogen and oxygen atoms in total. The molecule has 0 aliphatic carbocycles. The molecule has 18 heavy (non-hydrogen) atoms. The maximum absolute atomic E-state index is 11.1. The average Bonchev–Trinajstić information content (AvgIpc) is 2.25. The van der Waals surface area contributed by atoms with E-state index < -0.39 is 9.84 Å². The van der Waals surface area contributed by atoms with Gasteiger partial charge in [-0.05, 0) is 31.2 Å². The number of pyridine rings is 1. The monoisotopic (exact) mass is 271 g/mol. The van der Waals surface area contributed by atoms with Gasteiger partial charge in [0, 0.05) is 32.6 Å². The zero-order valence-electron chi connectivity index (χ0n) is 11.4. The molecule has 0 fully saturated rings.